The van der Waals surface area contributed by atoms with Gasteiger partial charge in [-0.05, 0) is 24.8 Å². The molecule has 1 aromatic heterocycles. The monoisotopic (exact) mass is 302 g/mol. The fraction of sp³-hybridized carbons (Fsp3) is 0.455. The van der Waals surface area contributed by atoms with Crippen molar-refractivity contribution in [2.75, 3.05) is 13.7 Å². The Morgan fingerprint density at radius 2 is 2.26 bits per heavy atom. The number of carbonyl (C=O) groups excluding carboxylic acids is 1. The molecule has 0 aliphatic rings. The van der Waals surface area contributed by atoms with Crippen LogP contribution in [0.25, 0.3) is 0 Å². The van der Waals surface area contributed by atoms with Crippen molar-refractivity contribution in [3.8, 4) is 6.07 Å². The summed E-state index contributed by atoms with van der Waals surface area (Å²) in [4.78, 5) is 11.5. The quantitative estimate of drug-likeness (QED) is 0.826. The van der Waals surface area contributed by atoms with Gasteiger partial charge in [0.15, 0.2) is 0 Å². The molecule has 0 saturated heterocycles. The van der Waals surface area contributed by atoms with Crippen LogP contribution in [-0.2, 0) is 14.8 Å². The number of hydrogen-bond donors (Lipinski definition) is 1. The lowest BCUT2D eigenvalue weighted by atomic mass is 10.2. The number of thiophene rings is 1. The molecule has 0 radical (unpaired) electrons. The number of aryl methyl sites for hydroxylation is 1. The number of rotatable bonds is 5. The topological polar surface area (TPSA) is 96.3 Å². The Morgan fingerprint density at radius 3 is 2.79 bits per heavy atom. The molecule has 1 rings (SSSR count). The Labute approximate surface area is 116 Å². The van der Waals surface area contributed by atoms with E-state index in [1.807, 2.05) is 6.07 Å². The minimum Gasteiger partial charge on any atom is -0.465 e. The van der Waals surface area contributed by atoms with E-state index in [0.717, 1.165) is 11.3 Å². The molecule has 0 aromatic carbocycles. The molecule has 1 atom stereocenters. The van der Waals surface area contributed by atoms with Crippen molar-refractivity contribution in [1.29, 1.82) is 5.26 Å². The molecule has 1 N–H and O–H groups in total. The van der Waals surface area contributed by atoms with Crippen LogP contribution in [0.3, 0.4) is 0 Å². The van der Waals surface area contributed by atoms with Gasteiger partial charge in [-0.3, -0.25) is 0 Å². The summed E-state index contributed by atoms with van der Waals surface area (Å²) in [5.74, 6) is -1.14. The minimum atomic E-state index is -3.83. The fourth-order valence-electron chi connectivity index (χ4n) is 1.35. The number of nitriles is 1. The molecule has 0 amide bonds. The Balaban J connectivity index is 3.12. The van der Waals surface area contributed by atoms with Crippen molar-refractivity contribution in [2.45, 2.75) is 18.7 Å². The third kappa shape index (κ3) is 3.53. The largest absolute Gasteiger partial charge is 0.465 e. The lowest BCUT2D eigenvalue weighted by Gasteiger charge is -2.09. The van der Waals surface area contributed by atoms with Crippen LogP contribution in [0, 0.1) is 24.2 Å². The maximum Gasteiger partial charge on any atom is 0.349 e. The number of esters is 1. The second kappa shape index (κ2) is 6.14. The van der Waals surface area contributed by atoms with Gasteiger partial charge in [0.2, 0.25) is 10.0 Å². The molecule has 0 bridgehead atoms. The summed E-state index contributed by atoms with van der Waals surface area (Å²) in [7, 11) is -2.64. The number of nitrogens with zero attached hydrogens (tertiary/aromatic N) is 1. The van der Waals surface area contributed by atoms with E-state index in [4.69, 9.17) is 5.26 Å². The van der Waals surface area contributed by atoms with Crippen LogP contribution in [0.4, 0.5) is 0 Å². The Morgan fingerprint density at radius 1 is 1.63 bits per heavy atom. The summed E-state index contributed by atoms with van der Waals surface area (Å²) in [5, 5.41) is 10.2. The Hall–Kier alpha value is -1.43. The first-order valence-electron chi connectivity index (χ1n) is 5.39. The summed E-state index contributed by atoms with van der Waals surface area (Å²) >= 11 is 1.02. The highest BCUT2D eigenvalue weighted by Gasteiger charge is 2.27. The molecule has 0 aliphatic heterocycles. The highest BCUT2D eigenvalue weighted by molar-refractivity contribution is 7.89. The summed E-state index contributed by atoms with van der Waals surface area (Å²) in [6, 6.07) is 1.93. The predicted octanol–water partition coefficient (Wildman–Crippen LogP) is 1.28. The highest BCUT2D eigenvalue weighted by Crippen LogP contribution is 2.27. The molecule has 19 heavy (non-hydrogen) atoms. The smallest absolute Gasteiger partial charge is 0.349 e. The van der Waals surface area contributed by atoms with Gasteiger partial charge >= 0.3 is 5.97 Å². The van der Waals surface area contributed by atoms with Crippen molar-refractivity contribution in [1.82, 2.24) is 4.72 Å². The first-order chi connectivity index (χ1) is 8.83. The van der Waals surface area contributed by atoms with Crippen molar-refractivity contribution in [2.24, 2.45) is 5.92 Å². The van der Waals surface area contributed by atoms with Crippen LogP contribution in [0.1, 0.15) is 22.2 Å². The van der Waals surface area contributed by atoms with Crippen molar-refractivity contribution < 1.29 is 17.9 Å². The zero-order valence-corrected chi connectivity index (χ0v) is 12.4. The van der Waals surface area contributed by atoms with Crippen LogP contribution in [0.5, 0.6) is 0 Å². The molecule has 0 spiro atoms. The maximum atomic E-state index is 12.2. The summed E-state index contributed by atoms with van der Waals surface area (Å²) in [6.45, 7) is 3.20. The molecule has 1 heterocycles. The number of ether oxygens (including phenoxy) is 1. The fourth-order valence-corrected chi connectivity index (χ4v) is 4.19. The van der Waals surface area contributed by atoms with Crippen LogP contribution >= 0.6 is 11.3 Å². The minimum absolute atomic E-state index is 0.00523. The first-order valence-corrected chi connectivity index (χ1v) is 7.75. The predicted molar refractivity (Wildman–Crippen MR) is 70.4 cm³/mol. The number of sulfonamides is 1. The van der Waals surface area contributed by atoms with E-state index in [2.05, 4.69) is 9.46 Å². The number of hydrogen-bond acceptors (Lipinski definition) is 6. The SMILES string of the molecule is COC(=O)c1scc(C)c1S(=O)(=O)NCC(C)C#N. The third-order valence-electron chi connectivity index (χ3n) is 2.36. The van der Waals surface area contributed by atoms with E-state index in [-0.39, 0.29) is 16.3 Å². The molecule has 1 unspecified atom stereocenters. The highest BCUT2D eigenvalue weighted by atomic mass is 32.2. The second-order valence-corrected chi connectivity index (χ2v) is 6.53. The lowest BCUT2D eigenvalue weighted by molar-refractivity contribution is 0.0602. The lowest BCUT2D eigenvalue weighted by Crippen LogP contribution is -2.29. The van der Waals surface area contributed by atoms with E-state index in [1.165, 1.54) is 7.11 Å². The number of nitrogens with one attached hydrogen (secondary N) is 1. The number of methoxy groups -OCH3 is 1. The summed E-state index contributed by atoms with van der Waals surface area (Å²) in [5.41, 5.74) is 0.475. The van der Waals surface area contributed by atoms with Crippen LogP contribution < -0.4 is 4.72 Å². The second-order valence-electron chi connectivity index (χ2n) is 3.95. The summed E-state index contributed by atoms with van der Waals surface area (Å²) < 4.78 is 31.2. The normalized spacial score (nSPS) is 12.7. The van der Waals surface area contributed by atoms with E-state index in [9.17, 15) is 13.2 Å². The van der Waals surface area contributed by atoms with E-state index >= 15 is 0 Å². The molecular weight excluding hydrogens is 288 g/mol. The molecule has 6 nitrogen and oxygen atoms in total. The Bertz CT molecular complexity index is 613. The molecule has 104 valence electrons. The zero-order chi connectivity index (χ0) is 14.6. The van der Waals surface area contributed by atoms with Crippen molar-refractivity contribution in [3.63, 3.8) is 0 Å². The van der Waals surface area contributed by atoms with Gasteiger partial charge in [0.1, 0.15) is 9.77 Å². The average Bonchev–Trinajstić information content (AvgIpc) is 2.77. The van der Waals surface area contributed by atoms with Crippen LogP contribution in [0.2, 0.25) is 0 Å². The van der Waals surface area contributed by atoms with Gasteiger partial charge in [0.05, 0.1) is 19.1 Å². The van der Waals surface area contributed by atoms with E-state index in [0.29, 0.717) is 5.56 Å². The molecular formula is C11H14N2O4S2. The third-order valence-corrected chi connectivity index (χ3v) is 5.17. The van der Waals surface area contributed by atoms with Gasteiger partial charge in [-0.15, -0.1) is 11.3 Å². The van der Waals surface area contributed by atoms with Crippen molar-refractivity contribution in [3.05, 3.63) is 15.8 Å². The maximum absolute atomic E-state index is 12.2. The van der Waals surface area contributed by atoms with Crippen LogP contribution in [-0.4, -0.2) is 28.0 Å². The molecule has 1 aromatic rings. The van der Waals surface area contributed by atoms with Crippen molar-refractivity contribution >= 4 is 27.3 Å². The van der Waals surface area contributed by atoms with Gasteiger partial charge in [-0.1, -0.05) is 0 Å². The van der Waals surface area contributed by atoms with Gasteiger partial charge in [0, 0.05) is 6.54 Å². The molecule has 0 aliphatic carbocycles. The van der Waals surface area contributed by atoms with E-state index in [1.54, 1.807) is 19.2 Å². The number of carbonyl (C=O) groups is 1. The molecule has 8 heteroatoms. The molecule has 0 saturated carbocycles. The van der Waals surface area contributed by atoms with Gasteiger partial charge in [-0.2, -0.15) is 5.26 Å². The Kier molecular flexibility index (Phi) is 5.05. The standard InChI is InChI=1S/C11H14N2O4S2/c1-7(4-12)5-13-19(15,16)10-8(2)6-18-9(10)11(14)17-3/h6-7,13H,5H2,1-3H3. The summed E-state index contributed by atoms with van der Waals surface area (Å²) in [6.07, 6.45) is 0. The average molecular weight is 302 g/mol. The van der Waals surface area contributed by atoms with Gasteiger partial charge < -0.3 is 4.74 Å². The van der Waals surface area contributed by atoms with Gasteiger partial charge in [0.25, 0.3) is 0 Å². The van der Waals surface area contributed by atoms with E-state index < -0.39 is 21.9 Å². The van der Waals surface area contributed by atoms with Crippen LogP contribution in [0.15, 0.2) is 10.3 Å². The van der Waals surface area contributed by atoms with Gasteiger partial charge in [-0.25, -0.2) is 17.9 Å². The first kappa shape index (κ1) is 15.6. The molecule has 0 fully saturated rings. The zero-order valence-electron chi connectivity index (χ0n) is 10.8.